The van der Waals surface area contributed by atoms with E-state index >= 15 is 0 Å². The van der Waals surface area contributed by atoms with Crippen molar-refractivity contribution in [2.45, 2.75) is 26.3 Å². The highest BCUT2D eigenvalue weighted by Gasteiger charge is 2.22. The van der Waals surface area contributed by atoms with Crippen molar-refractivity contribution in [3.63, 3.8) is 0 Å². The van der Waals surface area contributed by atoms with Crippen LogP contribution in [-0.4, -0.2) is 16.3 Å². The van der Waals surface area contributed by atoms with Crippen LogP contribution in [0, 0.1) is 6.92 Å². The number of nitrogens with zero attached hydrogens (tertiary/aromatic N) is 2. The molecule has 0 radical (unpaired) electrons. The van der Waals surface area contributed by atoms with Crippen molar-refractivity contribution in [2.75, 3.05) is 6.54 Å². The summed E-state index contributed by atoms with van der Waals surface area (Å²) in [6, 6.07) is 6.47. The van der Waals surface area contributed by atoms with Gasteiger partial charge in [0.1, 0.15) is 0 Å². The Bertz CT molecular complexity index is 573. The molecule has 0 aliphatic heterocycles. The van der Waals surface area contributed by atoms with Gasteiger partial charge in [-0.15, -0.1) is 0 Å². The van der Waals surface area contributed by atoms with Crippen molar-refractivity contribution in [3.8, 4) is 0 Å². The first kappa shape index (κ1) is 15.7. The van der Waals surface area contributed by atoms with E-state index < -0.39 is 0 Å². The van der Waals surface area contributed by atoms with Crippen molar-refractivity contribution < 1.29 is 0 Å². The molecule has 1 aromatic carbocycles. The van der Waals surface area contributed by atoms with Gasteiger partial charge in [-0.25, -0.2) is 0 Å². The van der Waals surface area contributed by atoms with E-state index in [-0.39, 0.29) is 6.04 Å². The van der Waals surface area contributed by atoms with Crippen molar-refractivity contribution in [1.82, 2.24) is 15.1 Å². The molecule has 1 unspecified atom stereocenters. The number of halogens is 2. The summed E-state index contributed by atoms with van der Waals surface area (Å²) in [6.45, 7) is 5.29. The summed E-state index contributed by atoms with van der Waals surface area (Å²) >= 11 is 7.24. The van der Waals surface area contributed by atoms with Gasteiger partial charge in [0.2, 0.25) is 0 Å². The first-order valence-corrected chi connectivity index (χ1v) is 8.30. The molecular formula is C15H19Br2N3. The van der Waals surface area contributed by atoms with Crippen LogP contribution in [0.4, 0.5) is 0 Å². The van der Waals surface area contributed by atoms with Gasteiger partial charge in [-0.05, 0) is 53.0 Å². The highest BCUT2D eigenvalue weighted by Crippen LogP contribution is 2.32. The maximum Gasteiger partial charge on any atom is 0.0762 e. The summed E-state index contributed by atoms with van der Waals surface area (Å²) in [4.78, 5) is 0. The average molecular weight is 401 g/mol. The number of benzene rings is 1. The molecule has 1 N–H and O–H groups in total. The molecule has 0 amide bonds. The number of nitrogens with one attached hydrogen (secondary N) is 1. The fourth-order valence-corrected chi connectivity index (χ4v) is 3.28. The molecule has 0 fully saturated rings. The molecule has 1 atom stereocenters. The van der Waals surface area contributed by atoms with E-state index in [1.54, 1.807) is 0 Å². The maximum atomic E-state index is 4.34. The molecule has 108 valence electrons. The number of aryl methyl sites for hydroxylation is 1. The Morgan fingerprint density at radius 1 is 1.30 bits per heavy atom. The van der Waals surface area contributed by atoms with Gasteiger partial charge in [-0.3, -0.25) is 4.68 Å². The molecule has 2 rings (SSSR count). The van der Waals surface area contributed by atoms with Gasteiger partial charge in [-0.2, -0.15) is 5.10 Å². The third-order valence-electron chi connectivity index (χ3n) is 3.43. The van der Waals surface area contributed by atoms with Crippen molar-refractivity contribution in [1.29, 1.82) is 0 Å². The smallest absolute Gasteiger partial charge is 0.0762 e. The van der Waals surface area contributed by atoms with Crippen LogP contribution in [0.5, 0.6) is 0 Å². The van der Waals surface area contributed by atoms with Crippen LogP contribution in [0.25, 0.3) is 0 Å². The molecule has 1 heterocycles. The first-order valence-electron chi connectivity index (χ1n) is 6.72. The van der Waals surface area contributed by atoms with Gasteiger partial charge in [-0.1, -0.05) is 35.0 Å². The van der Waals surface area contributed by atoms with Gasteiger partial charge in [0.15, 0.2) is 0 Å². The van der Waals surface area contributed by atoms with Crippen molar-refractivity contribution >= 4 is 31.9 Å². The van der Waals surface area contributed by atoms with E-state index in [0.717, 1.165) is 27.6 Å². The van der Waals surface area contributed by atoms with Gasteiger partial charge < -0.3 is 5.32 Å². The van der Waals surface area contributed by atoms with Gasteiger partial charge >= 0.3 is 0 Å². The number of rotatable bonds is 5. The molecule has 0 bridgehead atoms. The monoisotopic (exact) mass is 399 g/mol. The topological polar surface area (TPSA) is 29.9 Å². The molecule has 5 heteroatoms. The average Bonchev–Trinajstić information content (AvgIpc) is 2.75. The lowest BCUT2D eigenvalue weighted by Gasteiger charge is -2.22. The van der Waals surface area contributed by atoms with Gasteiger partial charge in [0, 0.05) is 11.5 Å². The van der Waals surface area contributed by atoms with Crippen LogP contribution in [-0.2, 0) is 7.05 Å². The van der Waals surface area contributed by atoms with E-state index in [2.05, 4.69) is 74.3 Å². The number of hydrogen-bond acceptors (Lipinski definition) is 2. The van der Waals surface area contributed by atoms with Gasteiger partial charge in [0.25, 0.3) is 0 Å². The maximum absolute atomic E-state index is 4.34. The molecule has 0 aliphatic carbocycles. The molecule has 2 aromatic rings. The fourth-order valence-electron chi connectivity index (χ4n) is 2.32. The Kier molecular flexibility index (Phi) is 5.41. The molecule has 0 saturated carbocycles. The molecule has 3 nitrogen and oxygen atoms in total. The normalized spacial score (nSPS) is 12.7. The quantitative estimate of drug-likeness (QED) is 0.808. The van der Waals surface area contributed by atoms with Crippen LogP contribution >= 0.6 is 31.9 Å². The van der Waals surface area contributed by atoms with E-state index in [1.165, 1.54) is 11.1 Å². The SMILES string of the molecule is CCCNC(c1cccc(Br)c1C)c1c(Br)cnn1C. The molecular weight excluding hydrogens is 382 g/mol. The zero-order valence-electron chi connectivity index (χ0n) is 12.0. The zero-order valence-corrected chi connectivity index (χ0v) is 15.1. The molecule has 0 saturated heterocycles. The van der Waals surface area contributed by atoms with E-state index in [4.69, 9.17) is 0 Å². The highest BCUT2D eigenvalue weighted by atomic mass is 79.9. The van der Waals surface area contributed by atoms with Crippen LogP contribution in [0.2, 0.25) is 0 Å². The summed E-state index contributed by atoms with van der Waals surface area (Å²) < 4.78 is 4.10. The summed E-state index contributed by atoms with van der Waals surface area (Å²) in [5, 5.41) is 7.97. The molecule has 20 heavy (non-hydrogen) atoms. The largest absolute Gasteiger partial charge is 0.305 e. The predicted octanol–water partition coefficient (Wildman–Crippen LogP) is 4.34. The minimum absolute atomic E-state index is 0.134. The minimum atomic E-state index is 0.134. The van der Waals surface area contributed by atoms with Crippen LogP contribution in [0.15, 0.2) is 33.3 Å². The molecule has 1 aromatic heterocycles. The minimum Gasteiger partial charge on any atom is -0.305 e. The summed E-state index contributed by atoms with van der Waals surface area (Å²) in [5.41, 5.74) is 3.69. The lowest BCUT2D eigenvalue weighted by molar-refractivity contribution is 0.550. The molecule has 0 spiro atoms. The molecule has 0 aliphatic rings. The van der Waals surface area contributed by atoms with E-state index in [9.17, 15) is 0 Å². The standard InChI is InChI=1S/C15H19Br2N3/c1-4-8-18-14(15-13(17)9-19-20(15)3)11-6-5-7-12(16)10(11)2/h5-7,9,14,18H,4,8H2,1-3H3. The summed E-state index contributed by atoms with van der Waals surface area (Å²) in [7, 11) is 1.98. The third kappa shape index (κ3) is 3.15. The third-order valence-corrected chi connectivity index (χ3v) is 4.90. The lowest BCUT2D eigenvalue weighted by atomic mass is 9.98. The summed E-state index contributed by atoms with van der Waals surface area (Å²) in [5.74, 6) is 0. The number of hydrogen-bond donors (Lipinski definition) is 1. The second-order valence-corrected chi connectivity index (χ2v) is 6.55. The van der Waals surface area contributed by atoms with Crippen molar-refractivity contribution in [2.24, 2.45) is 7.05 Å². The Morgan fingerprint density at radius 3 is 2.65 bits per heavy atom. The Morgan fingerprint density at radius 2 is 2.05 bits per heavy atom. The second kappa shape index (κ2) is 6.87. The fraction of sp³-hybridized carbons (Fsp3) is 0.400. The van der Waals surface area contributed by atoms with E-state index in [1.807, 2.05) is 17.9 Å². The lowest BCUT2D eigenvalue weighted by Crippen LogP contribution is -2.26. The van der Waals surface area contributed by atoms with E-state index in [0.29, 0.717) is 0 Å². The first-order chi connectivity index (χ1) is 9.56. The predicted molar refractivity (Wildman–Crippen MR) is 89.9 cm³/mol. The second-order valence-electron chi connectivity index (χ2n) is 4.84. The van der Waals surface area contributed by atoms with Crippen LogP contribution in [0.3, 0.4) is 0 Å². The highest BCUT2D eigenvalue weighted by molar-refractivity contribution is 9.10. The van der Waals surface area contributed by atoms with Crippen LogP contribution in [0.1, 0.15) is 36.2 Å². The number of aromatic nitrogens is 2. The Labute approximate surface area is 137 Å². The van der Waals surface area contributed by atoms with Crippen LogP contribution < -0.4 is 5.32 Å². The summed E-state index contributed by atoms with van der Waals surface area (Å²) in [6.07, 6.45) is 2.95. The van der Waals surface area contributed by atoms with Gasteiger partial charge in [0.05, 0.1) is 22.4 Å². The zero-order chi connectivity index (χ0) is 14.7. The Balaban J connectivity index is 2.50. The Hall–Kier alpha value is -0.650. The van der Waals surface area contributed by atoms with Crippen molar-refractivity contribution in [3.05, 3.63) is 50.2 Å².